The number of imidazole rings is 1. The van der Waals surface area contributed by atoms with Crippen molar-refractivity contribution in [3.63, 3.8) is 0 Å². The van der Waals surface area contributed by atoms with Gasteiger partial charge in [0.1, 0.15) is 5.69 Å². The molecular weight excluding hydrogens is 384 g/mol. The predicted octanol–water partition coefficient (Wildman–Crippen LogP) is 4.71. The molecule has 0 fully saturated rings. The second kappa shape index (κ2) is 9.30. The number of aromatic hydroxyl groups is 1. The quantitative estimate of drug-likeness (QED) is 0.449. The van der Waals surface area contributed by atoms with Gasteiger partial charge in [0.15, 0.2) is 5.65 Å². The number of fused-ring (bicyclic) bond motifs is 1. The molecule has 0 bridgehead atoms. The highest BCUT2D eigenvalue weighted by Gasteiger charge is 2.16. The maximum atomic E-state index is 10.9. The molecule has 0 saturated heterocycles. The lowest BCUT2D eigenvalue weighted by Gasteiger charge is -2.06. The Morgan fingerprint density at radius 3 is 2.06 bits per heavy atom. The molecule has 2 heterocycles. The topological polar surface area (TPSA) is 53.7 Å². The van der Waals surface area contributed by atoms with Crippen molar-refractivity contribution in [1.29, 1.82) is 0 Å². The average molecular weight is 411 g/mol. The van der Waals surface area contributed by atoms with Gasteiger partial charge >= 0.3 is 0 Å². The van der Waals surface area contributed by atoms with E-state index in [4.69, 9.17) is 9.97 Å². The summed E-state index contributed by atoms with van der Waals surface area (Å²) in [6.45, 7) is 0. The van der Waals surface area contributed by atoms with Crippen LogP contribution in [0.5, 0.6) is 5.88 Å². The van der Waals surface area contributed by atoms with Crippen molar-refractivity contribution in [2.24, 2.45) is 0 Å². The smallest absolute Gasteiger partial charge is 0.219 e. The number of allylic oxidation sites excluding steroid dienone is 2. The second-order valence-corrected chi connectivity index (χ2v) is 7.68. The lowest BCUT2D eigenvalue weighted by atomic mass is 10.1. The van der Waals surface area contributed by atoms with Gasteiger partial charge in [0.05, 0.1) is 11.4 Å². The number of benzene rings is 2. The molecule has 2 aromatic carbocycles. The molecule has 2 aromatic heterocycles. The molecule has 0 saturated carbocycles. The Morgan fingerprint density at radius 1 is 0.839 bits per heavy atom. The zero-order valence-corrected chi connectivity index (χ0v) is 17.8. The van der Waals surface area contributed by atoms with E-state index < -0.39 is 0 Å². The highest BCUT2D eigenvalue weighted by Crippen LogP contribution is 2.25. The zero-order chi connectivity index (χ0) is 21.6. The molecule has 0 spiro atoms. The first kappa shape index (κ1) is 20.4. The molecule has 1 N–H and O–H groups in total. The Hall–Kier alpha value is -3.86. The molecule has 156 valence electrons. The number of rotatable bonds is 7. The summed E-state index contributed by atoms with van der Waals surface area (Å²) in [5.74, 6) is 0.161. The van der Waals surface area contributed by atoms with E-state index in [9.17, 15) is 5.11 Å². The largest absolute Gasteiger partial charge is 0.493 e. The molecule has 5 heteroatoms. The van der Waals surface area contributed by atoms with Crippen LogP contribution in [0.1, 0.15) is 28.2 Å². The Bertz CT molecular complexity index is 1210. The van der Waals surface area contributed by atoms with Crippen molar-refractivity contribution in [3.05, 3.63) is 113 Å². The van der Waals surface area contributed by atoms with Gasteiger partial charge in [0.25, 0.3) is 0 Å². The Morgan fingerprint density at radius 2 is 1.45 bits per heavy atom. The molecule has 31 heavy (non-hydrogen) atoms. The average Bonchev–Trinajstić information content (AvgIpc) is 3.08. The van der Waals surface area contributed by atoms with Crippen molar-refractivity contribution in [3.8, 4) is 5.88 Å². The van der Waals surface area contributed by atoms with Crippen molar-refractivity contribution >= 4 is 11.7 Å². The van der Waals surface area contributed by atoms with Gasteiger partial charge in [0, 0.05) is 33.1 Å². The van der Waals surface area contributed by atoms with Gasteiger partial charge in [-0.15, -0.1) is 0 Å². The van der Waals surface area contributed by atoms with E-state index in [1.165, 1.54) is 0 Å². The fraction of sp³-hybridized carbons (Fsp3) is 0.154. The highest BCUT2D eigenvalue weighted by atomic mass is 16.3. The van der Waals surface area contributed by atoms with Crippen LogP contribution in [0.25, 0.3) is 11.7 Å². The SMILES string of the molecule is CN(C)/C=C/C=C/c1cn2c(O)c(Cc3ccccc3)nc2c(Cc2ccccc2)n1. The van der Waals surface area contributed by atoms with Crippen LogP contribution in [0.15, 0.2) is 85.2 Å². The van der Waals surface area contributed by atoms with Crippen LogP contribution in [-0.4, -0.2) is 38.5 Å². The lowest BCUT2D eigenvalue weighted by Crippen LogP contribution is -2.01. The van der Waals surface area contributed by atoms with Crippen molar-refractivity contribution in [2.45, 2.75) is 12.8 Å². The van der Waals surface area contributed by atoms with E-state index in [0.717, 1.165) is 22.5 Å². The molecule has 4 aromatic rings. The monoisotopic (exact) mass is 410 g/mol. The first-order chi connectivity index (χ1) is 15.1. The van der Waals surface area contributed by atoms with Gasteiger partial charge in [-0.3, -0.25) is 4.40 Å². The van der Waals surface area contributed by atoms with Gasteiger partial charge in [-0.2, -0.15) is 0 Å². The van der Waals surface area contributed by atoms with E-state index >= 15 is 0 Å². The summed E-state index contributed by atoms with van der Waals surface area (Å²) in [6, 6.07) is 20.3. The first-order valence-corrected chi connectivity index (χ1v) is 10.3. The van der Waals surface area contributed by atoms with Gasteiger partial charge in [-0.25, -0.2) is 9.97 Å². The molecule has 0 amide bonds. The molecular formula is C26H26N4O. The normalized spacial score (nSPS) is 11.7. The Labute approximate surface area is 182 Å². The summed E-state index contributed by atoms with van der Waals surface area (Å²) in [4.78, 5) is 11.6. The van der Waals surface area contributed by atoms with E-state index in [0.29, 0.717) is 24.2 Å². The summed E-state index contributed by atoms with van der Waals surface area (Å²) >= 11 is 0. The van der Waals surface area contributed by atoms with Crippen LogP contribution in [0.3, 0.4) is 0 Å². The zero-order valence-electron chi connectivity index (χ0n) is 17.8. The van der Waals surface area contributed by atoms with Gasteiger partial charge in [0.2, 0.25) is 5.88 Å². The molecule has 0 unspecified atom stereocenters. The minimum atomic E-state index is 0.161. The molecule has 0 aliphatic heterocycles. The van der Waals surface area contributed by atoms with Crippen LogP contribution < -0.4 is 0 Å². The number of nitrogens with zero attached hydrogens (tertiary/aromatic N) is 4. The van der Waals surface area contributed by atoms with E-state index in [2.05, 4.69) is 12.1 Å². The minimum Gasteiger partial charge on any atom is -0.493 e. The maximum Gasteiger partial charge on any atom is 0.219 e. The Balaban J connectivity index is 1.76. The molecule has 5 nitrogen and oxygen atoms in total. The molecule has 0 atom stereocenters. The van der Waals surface area contributed by atoms with Gasteiger partial charge in [-0.05, 0) is 29.5 Å². The second-order valence-electron chi connectivity index (χ2n) is 7.68. The summed E-state index contributed by atoms with van der Waals surface area (Å²) in [7, 11) is 3.95. The van der Waals surface area contributed by atoms with E-state index in [1.54, 1.807) is 4.40 Å². The summed E-state index contributed by atoms with van der Waals surface area (Å²) in [5, 5.41) is 10.9. The Kier molecular flexibility index (Phi) is 6.13. The van der Waals surface area contributed by atoms with E-state index in [-0.39, 0.29) is 5.88 Å². The maximum absolute atomic E-state index is 10.9. The van der Waals surface area contributed by atoms with Crippen LogP contribution in [0.2, 0.25) is 0 Å². The third-order valence-electron chi connectivity index (χ3n) is 4.93. The minimum absolute atomic E-state index is 0.161. The summed E-state index contributed by atoms with van der Waals surface area (Å²) < 4.78 is 1.75. The van der Waals surface area contributed by atoms with Crippen LogP contribution in [0, 0.1) is 0 Å². The van der Waals surface area contributed by atoms with Crippen molar-refractivity contribution in [2.75, 3.05) is 14.1 Å². The van der Waals surface area contributed by atoms with Crippen molar-refractivity contribution in [1.82, 2.24) is 19.3 Å². The number of hydrogen-bond donors (Lipinski definition) is 1. The highest BCUT2D eigenvalue weighted by molar-refractivity contribution is 5.56. The predicted molar refractivity (Wildman–Crippen MR) is 125 cm³/mol. The fourth-order valence-corrected chi connectivity index (χ4v) is 3.44. The number of hydrogen-bond acceptors (Lipinski definition) is 4. The van der Waals surface area contributed by atoms with Crippen LogP contribution in [-0.2, 0) is 12.8 Å². The van der Waals surface area contributed by atoms with Gasteiger partial charge < -0.3 is 10.0 Å². The molecule has 4 rings (SSSR count). The molecule has 0 aliphatic rings. The van der Waals surface area contributed by atoms with Crippen LogP contribution in [0.4, 0.5) is 0 Å². The first-order valence-electron chi connectivity index (χ1n) is 10.3. The lowest BCUT2D eigenvalue weighted by molar-refractivity contribution is 0.442. The van der Waals surface area contributed by atoms with Crippen LogP contribution >= 0.6 is 0 Å². The third-order valence-corrected chi connectivity index (χ3v) is 4.93. The molecule has 0 aliphatic carbocycles. The van der Waals surface area contributed by atoms with Gasteiger partial charge in [-0.1, -0.05) is 66.7 Å². The third kappa shape index (κ3) is 5.01. The standard InChI is InChI=1S/C26H26N4O/c1-29(2)16-10-9-15-22-19-30-25(23(27-22)17-20-11-5-3-6-12-20)28-24(26(30)31)18-21-13-7-4-8-14-21/h3-16,19,31H,17-18H2,1-2H3/b15-9+,16-10+. The van der Waals surface area contributed by atoms with Crippen molar-refractivity contribution < 1.29 is 5.11 Å². The fourth-order valence-electron chi connectivity index (χ4n) is 3.44. The summed E-state index contributed by atoms with van der Waals surface area (Å²) in [6.07, 6.45) is 10.8. The summed E-state index contributed by atoms with van der Waals surface area (Å²) in [5.41, 5.74) is 5.19. The molecule has 0 radical (unpaired) electrons. The van der Waals surface area contributed by atoms with E-state index in [1.807, 2.05) is 98.2 Å². The number of aromatic nitrogens is 3.